The third-order valence-electron chi connectivity index (χ3n) is 3.39. The van der Waals surface area contributed by atoms with E-state index in [0.717, 1.165) is 23.3 Å². The van der Waals surface area contributed by atoms with Gasteiger partial charge in [-0.3, -0.25) is 4.79 Å². The summed E-state index contributed by atoms with van der Waals surface area (Å²) < 4.78 is 26.8. The van der Waals surface area contributed by atoms with Crippen LogP contribution in [0.2, 0.25) is 0 Å². The molecule has 2 nitrogen and oxygen atoms in total. The molecule has 0 fully saturated rings. The molecule has 0 aliphatic carbocycles. The second-order valence-corrected chi connectivity index (χ2v) is 4.86. The van der Waals surface area contributed by atoms with Crippen molar-refractivity contribution in [3.8, 4) is 6.07 Å². The average molecular weight is 285 g/mol. The van der Waals surface area contributed by atoms with Crippen molar-refractivity contribution in [2.45, 2.75) is 19.8 Å². The Bertz CT molecular complexity index is 727. The fourth-order valence-electron chi connectivity index (χ4n) is 2.35. The Hall–Kier alpha value is -2.54. The minimum absolute atomic E-state index is 0.105. The molecule has 0 spiro atoms. The van der Waals surface area contributed by atoms with Crippen molar-refractivity contribution in [3.05, 3.63) is 70.3 Å². The van der Waals surface area contributed by atoms with Gasteiger partial charge in [0.05, 0.1) is 6.07 Å². The summed E-state index contributed by atoms with van der Waals surface area (Å²) in [6, 6.07) is 10.0. The highest BCUT2D eigenvalue weighted by molar-refractivity contribution is 6.04. The molecule has 0 saturated carbocycles. The van der Waals surface area contributed by atoms with Gasteiger partial charge in [0.15, 0.2) is 5.78 Å². The molecule has 0 saturated heterocycles. The van der Waals surface area contributed by atoms with Crippen LogP contribution in [-0.4, -0.2) is 5.78 Å². The number of nitriles is 1. The van der Waals surface area contributed by atoms with E-state index in [1.807, 2.05) is 6.07 Å². The molecule has 0 aliphatic rings. The number of hydrogen-bond acceptors (Lipinski definition) is 2. The van der Waals surface area contributed by atoms with Crippen LogP contribution in [0.4, 0.5) is 8.78 Å². The fourth-order valence-corrected chi connectivity index (χ4v) is 2.35. The number of carbonyl (C=O) groups is 1. The maximum atomic E-state index is 13.8. The van der Waals surface area contributed by atoms with Gasteiger partial charge >= 0.3 is 0 Å². The molecule has 2 rings (SSSR count). The Morgan fingerprint density at radius 1 is 1.14 bits per heavy atom. The lowest BCUT2D eigenvalue weighted by Gasteiger charge is -2.13. The lowest BCUT2D eigenvalue weighted by molar-refractivity contribution is 0.0976. The van der Waals surface area contributed by atoms with Crippen molar-refractivity contribution in [3.63, 3.8) is 0 Å². The molecule has 2 aromatic carbocycles. The summed E-state index contributed by atoms with van der Waals surface area (Å²) in [5.41, 5.74) is 1.75. The molecule has 2 aromatic rings. The molecule has 0 bridgehead atoms. The van der Waals surface area contributed by atoms with Crippen LogP contribution in [0, 0.1) is 36.8 Å². The van der Waals surface area contributed by atoms with Gasteiger partial charge in [0.1, 0.15) is 17.6 Å². The summed E-state index contributed by atoms with van der Waals surface area (Å²) in [5.74, 6) is -3.39. The molecule has 106 valence electrons. The van der Waals surface area contributed by atoms with Gasteiger partial charge in [0.2, 0.25) is 0 Å². The quantitative estimate of drug-likeness (QED) is 0.797. The number of carbonyl (C=O) groups excluding carboxylic acids is 1. The van der Waals surface area contributed by atoms with Crippen LogP contribution in [0.25, 0.3) is 0 Å². The number of halogens is 2. The first kappa shape index (κ1) is 14.9. The van der Waals surface area contributed by atoms with Crippen LogP contribution < -0.4 is 0 Å². The zero-order chi connectivity index (χ0) is 15.6. The molecule has 4 heteroatoms. The number of rotatable bonds is 3. The summed E-state index contributed by atoms with van der Waals surface area (Å²) >= 11 is 0. The number of benzene rings is 2. The first-order valence-corrected chi connectivity index (χ1v) is 6.40. The summed E-state index contributed by atoms with van der Waals surface area (Å²) in [4.78, 5) is 12.6. The van der Waals surface area contributed by atoms with Crippen LogP contribution in [0.5, 0.6) is 0 Å². The number of nitrogens with zero attached hydrogens (tertiary/aromatic N) is 1. The van der Waals surface area contributed by atoms with Crippen molar-refractivity contribution >= 4 is 5.78 Å². The van der Waals surface area contributed by atoms with Gasteiger partial charge in [0.25, 0.3) is 0 Å². The number of ketones is 1. The Labute approximate surface area is 121 Å². The average Bonchev–Trinajstić information content (AvgIpc) is 2.41. The van der Waals surface area contributed by atoms with E-state index in [0.29, 0.717) is 11.6 Å². The van der Waals surface area contributed by atoms with E-state index in [9.17, 15) is 18.8 Å². The Morgan fingerprint density at radius 3 is 2.29 bits per heavy atom. The minimum Gasteiger partial charge on any atom is -0.292 e. The van der Waals surface area contributed by atoms with E-state index in [4.69, 9.17) is 0 Å². The maximum absolute atomic E-state index is 13.8. The first-order chi connectivity index (χ1) is 9.95. The molecule has 0 radical (unpaired) electrons. The molecule has 0 aromatic heterocycles. The van der Waals surface area contributed by atoms with Crippen molar-refractivity contribution in [2.75, 3.05) is 0 Å². The van der Waals surface area contributed by atoms with Gasteiger partial charge in [-0.1, -0.05) is 24.3 Å². The van der Waals surface area contributed by atoms with Crippen LogP contribution in [0.3, 0.4) is 0 Å². The predicted molar refractivity (Wildman–Crippen MR) is 75.0 cm³/mol. The summed E-state index contributed by atoms with van der Waals surface area (Å²) in [5, 5.41) is 9.26. The van der Waals surface area contributed by atoms with E-state index in [1.165, 1.54) is 0 Å². The van der Waals surface area contributed by atoms with E-state index in [1.54, 1.807) is 32.0 Å². The normalized spacial score (nSPS) is 11.8. The SMILES string of the molecule is Cc1cccc(C)c1C(=O)C(C#N)c1ccc(F)cc1F. The van der Waals surface area contributed by atoms with E-state index in [2.05, 4.69) is 0 Å². The lowest BCUT2D eigenvalue weighted by Crippen LogP contribution is -2.15. The van der Waals surface area contributed by atoms with Crippen LogP contribution >= 0.6 is 0 Å². The molecule has 0 heterocycles. The first-order valence-electron chi connectivity index (χ1n) is 6.40. The van der Waals surface area contributed by atoms with Crippen LogP contribution in [-0.2, 0) is 0 Å². The van der Waals surface area contributed by atoms with E-state index in [-0.39, 0.29) is 5.56 Å². The highest BCUT2D eigenvalue weighted by Gasteiger charge is 2.27. The molecule has 21 heavy (non-hydrogen) atoms. The van der Waals surface area contributed by atoms with Crippen LogP contribution in [0.1, 0.15) is 33.0 Å². The van der Waals surface area contributed by atoms with Gasteiger partial charge in [-0.2, -0.15) is 5.26 Å². The zero-order valence-electron chi connectivity index (χ0n) is 11.7. The molecule has 0 amide bonds. The highest BCUT2D eigenvalue weighted by atomic mass is 19.1. The number of hydrogen-bond donors (Lipinski definition) is 0. The highest BCUT2D eigenvalue weighted by Crippen LogP contribution is 2.26. The van der Waals surface area contributed by atoms with Gasteiger partial charge in [-0.05, 0) is 31.0 Å². The summed E-state index contributed by atoms with van der Waals surface area (Å²) in [7, 11) is 0. The Balaban J connectivity index is 2.52. The topological polar surface area (TPSA) is 40.9 Å². The zero-order valence-corrected chi connectivity index (χ0v) is 11.7. The molecular formula is C17H13F2NO. The largest absolute Gasteiger partial charge is 0.292 e. The Morgan fingerprint density at radius 2 is 1.76 bits per heavy atom. The monoisotopic (exact) mass is 285 g/mol. The summed E-state index contributed by atoms with van der Waals surface area (Å²) in [6.07, 6.45) is 0. The maximum Gasteiger partial charge on any atom is 0.185 e. The van der Waals surface area contributed by atoms with Gasteiger partial charge in [0, 0.05) is 17.2 Å². The number of aryl methyl sites for hydroxylation is 2. The molecule has 1 unspecified atom stereocenters. The van der Waals surface area contributed by atoms with Gasteiger partial charge < -0.3 is 0 Å². The fraction of sp³-hybridized carbons (Fsp3) is 0.176. The van der Waals surface area contributed by atoms with E-state index >= 15 is 0 Å². The molecular weight excluding hydrogens is 272 g/mol. The molecule has 0 aliphatic heterocycles. The molecule has 1 atom stereocenters. The predicted octanol–water partition coefficient (Wildman–Crippen LogP) is 4.07. The second-order valence-electron chi connectivity index (χ2n) is 4.86. The minimum atomic E-state index is -1.29. The summed E-state index contributed by atoms with van der Waals surface area (Å²) in [6.45, 7) is 3.52. The second kappa shape index (κ2) is 5.84. The molecule has 0 N–H and O–H groups in total. The Kier molecular flexibility index (Phi) is 4.13. The van der Waals surface area contributed by atoms with Crippen molar-refractivity contribution < 1.29 is 13.6 Å². The van der Waals surface area contributed by atoms with Crippen molar-refractivity contribution in [1.82, 2.24) is 0 Å². The lowest BCUT2D eigenvalue weighted by atomic mass is 9.87. The third kappa shape index (κ3) is 2.82. The van der Waals surface area contributed by atoms with Crippen molar-refractivity contribution in [2.24, 2.45) is 0 Å². The smallest absolute Gasteiger partial charge is 0.185 e. The van der Waals surface area contributed by atoms with Gasteiger partial charge in [-0.15, -0.1) is 0 Å². The van der Waals surface area contributed by atoms with E-state index < -0.39 is 23.3 Å². The standard InChI is InChI=1S/C17H13F2NO/c1-10-4-3-5-11(2)16(10)17(21)14(9-20)13-7-6-12(18)8-15(13)19/h3-8,14H,1-2H3. The van der Waals surface area contributed by atoms with Crippen molar-refractivity contribution in [1.29, 1.82) is 5.26 Å². The van der Waals surface area contributed by atoms with Crippen LogP contribution in [0.15, 0.2) is 36.4 Å². The third-order valence-corrected chi connectivity index (χ3v) is 3.39. The number of Topliss-reactive ketones (excluding diaryl/α,β-unsaturated/α-hetero) is 1. The van der Waals surface area contributed by atoms with Gasteiger partial charge in [-0.25, -0.2) is 8.78 Å².